The van der Waals surface area contributed by atoms with Crippen LogP contribution in [0.15, 0.2) is 42.5 Å². The van der Waals surface area contributed by atoms with Crippen LogP contribution in [-0.4, -0.2) is 18.3 Å². The second-order valence-electron chi connectivity index (χ2n) is 3.75. The van der Waals surface area contributed by atoms with Crippen LogP contribution in [0.3, 0.4) is 0 Å². The van der Waals surface area contributed by atoms with E-state index in [1.54, 1.807) is 0 Å². The molecule has 3 heteroatoms. The molecule has 0 fully saturated rings. The lowest BCUT2D eigenvalue weighted by Crippen LogP contribution is -2.07. The lowest BCUT2D eigenvalue weighted by Gasteiger charge is -2.08. The van der Waals surface area contributed by atoms with Gasteiger partial charge in [0.1, 0.15) is 5.75 Å². The zero-order valence-corrected chi connectivity index (χ0v) is 10.1. The highest BCUT2D eigenvalue weighted by Crippen LogP contribution is 2.25. The third-order valence-corrected chi connectivity index (χ3v) is 2.84. The molecule has 17 heavy (non-hydrogen) atoms. The lowest BCUT2D eigenvalue weighted by atomic mass is 10.1. The second kappa shape index (κ2) is 5.69. The molecule has 0 bridgehead atoms. The number of carbonyl (C=O) groups is 1. The Labute approximate surface area is 105 Å². The topological polar surface area (TPSA) is 26.3 Å². The summed E-state index contributed by atoms with van der Waals surface area (Å²) in [5.74, 6) is 0.871. The van der Waals surface area contributed by atoms with E-state index < -0.39 is 0 Å². The number of Topliss-reactive ketones (excluding diaryl/α,β-unsaturated/α-hetero) is 1. The summed E-state index contributed by atoms with van der Waals surface area (Å²) in [4.78, 5) is 11.1. The van der Waals surface area contributed by atoms with Crippen molar-refractivity contribution in [3.05, 3.63) is 42.5 Å². The number of rotatable bonds is 5. The largest absolute Gasteiger partial charge is 0.492 e. The van der Waals surface area contributed by atoms with Crippen LogP contribution >= 0.6 is 11.6 Å². The van der Waals surface area contributed by atoms with E-state index in [1.165, 1.54) is 0 Å². The van der Waals surface area contributed by atoms with Crippen molar-refractivity contribution >= 4 is 28.2 Å². The first-order valence-corrected chi connectivity index (χ1v) is 6.03. The van der Waals surface area contributed by atoms with E-state index in [4.69, 9.17) is 16.3 Å². The van der Waals surface area contributed by atoms with Gasteiger partial charge in [0.05, 0.1) is 12.5 Å². The summed E-state index contributed by atoms with van der Waals surface area (Å²) in [6, 6.07) is 13.9. The molecule has 0 heterocycles. The zero-order chi connectivity index (χ0) is 12.1. The molecule has 0 amide bonds. The van der Waals surface area contributed by atoms with Gasteiger partial charge >= 0.3 is 0 Å². The summed E-state index contributed by atoms with van der Waals surface area (Å²) in [6.45, 7) is 0.375. The van der Waals surface area contributed by atoms with Gasteiger partial charge < -0.3 is 4.74 Å². The maximum absolute atomic E-state index is 11.1. The van der Waals surface area contributed by atoms with Crippen LogP contribution in [0.25, 0.3) is 10.8 Å². The Bertz CT molecular complexity index is 517. The first kappa shape index (κ1) is 11.9. The van der Waals surface area contributed by atoms with Gasteiger partial charge in [-0.15, -0.1) is 11.6 Å². The van der Waals surface area contributed by atoms with Gasteiger partial charge in [0.15, 0.2) is 5.78 Å². The summed E-state index contributed by atoms with van der Waals surface area (Å²) in [5, 5.41) is 2.20. The molecule has 88 valence electrons. The van der Waals surface area contributed by atoms with Gasteiger partial charge in [-0.3, -0.25) is 4.79 Å². The van der Waals surface area contributed by atoms with Gasteiger partial charge in [0.2, 0.25) is 0 Å². The standard InChI is InChI=1S/C14H13ClO2/c15-10-12(16)8-9-17-14-7-3-5-11-4-1-2-6-13(11)14/h1-7H,8-10H2. The van der Waals surface area contributed by atoms with E-state index in [0.717, 1.165) is 16.5 Å². The molecule has 0 spiro atoms. The molecule has 0 aliphatic heterocycles. The molecule has 0 aliphatic carbocycles. The first-order valence-electron chi connectivity index (χ1n) is 5.49. The number of benzene rings is 2. The van der Waals surface area contributed by atoms with Crippen molar-refractivity contribution in [1.82, 2.24) is 0 Å². The van der Waals surface area contributed by atoms with Crippen molar-refractivity contribution in [3.8, 4) is 5.75 Å². The molecule has 0 atom stereocenters. The van der Waals surface area contributed by atoms with Crippen LogP contribution in [0.4, 0.5) is 0 Å². The highest BCUT2D eigenvalue weighted by molar-refractivity contribution is 6.27. The van der Waals surface area contributed by atoms with Crippen LogP contribution in [0.1, 0.15) is 6.42 Å². The number of halogens is 1. The quantitative estimate of drug-likeness (QED) is 0.758. The maximum atomic E-state index is 11.1. The van der Waals surface area contributed by atoms with Crippen LogP contribution < -0.4 is 4.74 Å². The molecule has 0 unspecified atom stereocenters. The number of ether oxygens (including phenoxy) is 1. The molecule has 0 saturated heterocycles. The normalized spacial score (nSPS) is 10.4. The molecule has 2 aromatic rings. The van der Waals surface area contributed by atoms with E-state index in [-0.39, 0.29) is 11.7 Å². The van der Waals surface area contributed by atoms with Crippen LogP contribution in [0, 0.1) is 0 Å². The summed E-state index contributed by atoms with van der Waals surface area (Å²) in [7, 11) is 0. The van der Waals surface area contributed by atoms with Gasteiger partial charge in [-0.25, -0.2) is 0 Å². The highest BCUT2D eigenvalue weighted by Gasteiger charge is 2.03. The summed E-state index contributed by atoms with van der Waals surface area (Å²) < 4.78 is 5.61. The molecule has 0 aromatic heterocycles. The average Bonchev–Trinajstić information content (AvgIpc) is 2.39. The third kappa shape index (κ3) is 2.98. The van der Waals surface area contributed by atoms with Crippen molar-refractivity contribution < 1.29 is 9.53 Å². The minimum Gasteiger partial charge on any atom is -0.492 e. The van der Waals surface area contributed by atoms with Gasteiger partial charge in [-0.1, -0.05) is 36.4 Å². The zero-order valence-electron chi connectivity index (χ0n) is 9.36. The third-order valence-electron chi connectivity index (χ3n) is 2.54. The molecule has 0 aliphatic rings. The Balaban J connectivity index is 2.11. The van der Waals surface area contributed by atoms with Crippen LogP contribution in [0.2, 0.25) is 0 Å². The minimum atomic E-state index is 0.00639. The highest BCUT2D eigenvalue weighted by atomic mass is 35.5. The Morgan fingerprint density at radius 1 is 1.12 bits per heavy atom. The molecule has 2 aromatic carbocycles. The Morgan fingerprint density at radius 2 is 1.88 bits per heavy atom. The number of alkyl halides is 1. The number of carbonyl (C=O) groups excluding carboxylic acids is 1. The average molecular weight is 249 g/mol. The Morgan fingerprint density at radius 3 is 2.71 bits per heavy atom. The van der Waals surface area contributed by atoms with E-state index in [0.29, 0.717) is 13.0 Å². The van der Waals surface area contributed by atoms with Gasteiger partial charge in [-0.2, -0.15) is 0 Å². The fourth-order valence-electron chi connectivity index (χ4n) is 1.66. The van der Waals surface area contributed by atoms with Crippen LogP contribution in [0.5, 0.6) is 5.75 Å². The Kier molecular flexibility index (Phi) is 3.99. The second-order valence-corrected chi connectivity index (χ2v) is 4.02. The van der Waals surface area contributed by atoms with Crippen molar-refractivity contribution in [2.45, 2.75) is 6.42 Å². The Hall–Kier alpha value is -1.54. The lowest BCUT2D eigenvalue weighted by molar-refractivity contribution is -0.117. The molecular weight excluding hydrogens is 236 g/mol. The van der Waals surface area contributed by atoms with Gasteiger partial charge in [-0.05, 0) is 11.5 Å². The predicted octanol–water partition coefficient (Wildman–Crippen LogP) is 3.42. The van der Waals surface area contributed by atoms with E-state index in [1.807, 2.05) is 42.5 Å². The molecule has 2 rings (SSSR count). The van der Waals surface area contributed by atoms with Gasteiger partial charge in [0, 0.05) is 11.8 Å². The number of hydrogen-bond donors (Lipinski definition) is 0. The molecule has 2 nitrogen and oxygen atoms in total. The van der Waals surface area contributed by atoms with Crippen LogP contribution in [-0.2, 0) is 4.79 Å². The summed E-state index contributed by atoms with van der Waals surface area (Å²) in [5.41, 5.74) is 0. The number of fused-ring (bicyclic) bond motifs is 1. The van der Waals surface area contributed by atoms with E-state index in [9.17, 15) is 4.79 Å². The SMILES string of the molecule is O=C(CCl)CCOc1cccc2ccccc12. The summed E-state index contributed by atoms with van der Waals surface area (Å²) in [6.07, 6.45) is 0.354. The van der Waals surface area contributed by atoms with Crippen molar-refractivity contribution in [2.75, 3.05) is 12.5 Å². The van der Waals surface area contributed by atoms with Crippen molar-refractivity contribution in [1.29, 1.82) is 0 Å². The van der Waals surface area contributed by atoms with E-state index >= 15 is 0 Å². The van der Waals surface area contributed by atoms with Gasteiger partial charge in [0.25, 0.3) is 0 Å². The smallest absolute Gasteiger partial charge is 0.150 e. The maximum Gasteiger partial charge on any atom is 0.150 e. The fourth-order valence-corrected chi connectivity index (χ4v) is 1.80. The van der Waals surface area contributed by atoms with E-state index in [2.05, 4.69) is 0 Å². The molecular formula is C14H13ClO2. The van der Waals surface area contributed by atoms with Crippen molar-refractivity contribution in [2.24, 2.45) is 0 Å². The molecule has 0 N–H and O–H groups in total. The fraction of sp³-hybridized carbons (Fsp3) is 0.214. The predicted molar refractivity (Wildman–Crippen MR) is 69.8 cm³/mol. The molecule has 0 radical (unpaired) electrons. The minimum absolute atomic E-state index is 0.00639. The summed E-state index contributed by atoms with van der Waals surface area (Å²) >= 11 is 5.42. The van der Waals surface area contributed by atoms with Crippen molar-refractivity contribution in [3.63, 3.8) is 0 Å². The first-order chi connectivity index (χ1) is 8.31. The monoisotopic (exact) mass is 248 g/mol. The number of ketones is 1. The molecule has 0 saturated carbocycles. The number of hydrogen-bond acceptors (Lipinski definition) is 2.